The van der Waals surface area contributed by atoms with Gasteiger partial charge in [-0.3, -0.25) is 9.59 Å². The van der Waals surface area contributed by atoms with Crippen LogP contribution in [0.2, 0.25) is 0 Å². The number of amides is 2. The maximum atomic E-state index is 13.1. The van der Waals surface area contributed by atoms with Crippen molar-refractivity contribution in [2.45, 2.75) is 39.7 Å². The van der Waals surface area contributed by atoms with Crippen molar-refractivity contribution in [3.05, 3.63) is 69.7 Å². The summed E-state index contributed by atoms with van der Waals surface area (Å²) in [4.78, 5) is 25.9. The molecule has 138 valence electrons. The van der Waals surface area contributed by atoms with E-state index in [-0.39, 0.29) is 5.91 Å². The van der Waals surface area contributed by atoms with E-state index < -0.39 is 11.4 Å². The lowest BCUT2D eigenvalue weighted by Gasteiger charge is -2.39. The molecule has 0 aliphatic carbocycles. The number of hydrogen-bond donors (Lipinski definition) is 0. The lowest BCUT2D eigenvalue weighted by atomic mass is 10.0. The van der Waals surface area contributed by atoms with Crippen LogP contribution < -0.4 is 0 Å². The fourth-order valence-electron chi connectivity index (χ4n) is 2.48. The summed E-state index contributed by atoms with van der Waals surface area (Å²) in [5, 5.41) is 1.28. The molecule has 0 bridgehead atoms. The molecule has 0 fully saturated rings. The second kappa shape index (κ2) is 8.23. The van der Waals surface area contributed by atoms with Gasteiger partial charge < -0.3 is 0 Å². The molecule has 0 aliphatic heterocycles. The van der Waals surface area contributed by atoms with Crippen LogP contribution >= 0.6 is 27.7 Å². The number of hydrazine groups is 1. The Labute approximate surface area is 168 Å². The summed E-state index contributed by atoms with van der Waals surface area (Å²) in [7, 11) is 0. The lowest BCUT2D eigenvalue weighted by molar-refractivity contribution is -0.00375. The van der Waals surface area contributed by atoms with Gasteiger partial charge in [-0.15, -0.1) is 0 Å². The van der Waals surface area contributed by atoms with Gasteiger partial charge in [-0.1, -0.05) is 31.2 Å². The highest BCUT2D eigenvalue weighted by molar-refractivity contribution is 9.10. The Kier molecular flexibility index (Phi) is 6.48. The third-order valence-corrected chi connectivity index (χ3v) is 4.88. The van der Waals surface area contributed by atoms with Gasteiger partial charge in [-0.25, -0.2) is 5.01 Å². The quantitative estimate of drug-likeness (QED) is 0.472. The standard InChI is InChI=1S/C20H22BrClN2O2/c1-5-14-10-12-15(13-11-14)18(25)23(20(2,3)4)24(22)19(26)16-8-6-7-9-17(16)21/h6-13H,5H2,1-4H3. The number of benzene rings is 2. The molecular weight excluding hydrogens is 416 g/mol. The minimum absolute atomic E-state index is 0.337. The number of halogens is 2. The predicted octanol–water partition coefficient (Wildman–Crippen LogP) is 5.46. The molecule has 0 saturated heterocycles. The minimum Gasteiger partial charge on any atom is -0.267 e. The van der Waals surface area contributed by atoms with Crippen molar-refractivity contribution in [2.75, 3.05) is 0 Å². The summed E-state index contributed by atoms with van der Waals surface area (Å²) in [6, 6.07) is 14.3. The van der Waals surface area contributed by atoms with Gasteiger partial charge in [0.2, 0.25) is 0 Å². The highest BCUT2D eigenvalue weighted by Gasteiger charge is 2.36. The van der Waals surface area contributed by atoms with Crippen LogP contribution in [0.15, 0.2) is 53.0 Å². The lowest BCUT2D eigenvalue weighted by Crippen LogP contribution is -2.54. The van der Waals surface area contributed by atoms with E-state index in [1.54, 1.807) is 36.4 Å². The zero-order chi connectivity index (χ0) is 19.5. The second-order valence-electron chi connectivity index (χ2n) is 6.88. The Hall–Kier alpha value is -1.85. The molecule has 0 N–H and O–H groups in total. The summed E-state index contributed by atoms with van der Waals surface area (Å²) in [5.41, 5.74) is 1.29. The number of carbonyl (C=O) groups is 2. The molecule has 2 amide bonds. The van der Waals surface area contributed by atoms with Gasteiger partial charge in [-0.2, -0.15) is 4.53 Å². The van der Waals surface area contributed by atoms with E-state index in [2.05, 4.69) is 22.9 Å². The van der Waals surface area contributed by atoms with Crippen molar-refractivity contribution in [3.8, 4) is 0 Å². The summed E-state index contributed by atoms with van der Waals surface area (Å²) >= 11 is 9.71. The number of rotatable bonds is 3. The van der Waals surface area contributed by atoms with E-state index in [4.69, 9.17) is 11.8 Å². The molecule has 0 saturated carbocycles. The smallest absolute Gasteiger partial charge is 0.267 e. The molecule has 0 atom stereocenters. The van der Waals surface area contributed by atoms with Gasteiger partial charge in [0, 0.05) is 21.8 Å². The molecule has 2 aromatic carbocycles. The van der Waals surface area contributed by atoms with Crippen molar-refractivity contribution >= 4 is 39.5 Å². The van der Waals surface area contributed by atoms with Crippen LogP contribution in [0.3, 0.4) is 0 Å². The average Bonchev–Trinajstić information content (AvgIpc) is 2.60. The SMILES string of the molecule is CCc1ccc(C(=O)N(N(Cl)C(=O)c2ccccc2Br)C(C)(C)C)cc1. The molecule has 26 heavy (non-hydrogen) atoms. The van der Waals surface area contributed by atoms with Crippen LogP contribution in [0.1, 0.15) is 54.0 Å². The van der Waals surface area contributed by atoms with E-state index in [0.29, 0.717) is 15.6 Å². The Morgan fingerprint density at radius 1 is 1.00 bits per heavy atom. The van der Waals surface area contributed by atoms with Crippen LogP contribution in [0, 0.1) is 0 Å². The molecule has 0 heterocycles. The van der Waals surface area contributed by atoms with Gasteiger partial charge in [-0.05, 0) is 73.0 Å². The fourth-order valence-corrected chi connectivity index (χ4v) is 3.32. The third kappa shape index (κ3) is 4.46. The number of aryl methyl sites for hydroxylation is 1. The molecule has 4 nitrogen and oxygen atoms in total. The molecule has 6 heteroatoms. The maximum absolute atomic E-state index is 13.1. The van der Waals surface area contributed by atoms with Crippen LogP contribution in [0.25, 0.3) is 0 Å². The average molecular weight is 438 g/mol. The first-order valence-corrected chi connectivity index (χ1v) is 9.48. The molecule has 0 radical (unpaired) electrons. The van der Waals surface area contributed by atoms with E-state index in [1.165, 1.54) is 5.01 Å². The van der Waals surface area contributed by atoms with Crippen molar-refractivity contribution in [1.82, 2.24) is 9.54 Å². The van der Waals surface area contributed by atoms with Gasteiger partial charge in [0.1, 0.15) is 0 Å². The summed E-state index contributed by atoms with van der Waals surface area (Å²) in [6.07, 6.45) is 0.888. The molecule has 0 spiro atoms. The molecule has 0 aromatic heterocycles. The molecular formula is C20H22BrClN2O2. The first-order chi connectivity index (χ1) is 12.2. The molecule has 0 aliphatic rings. The Bertz CT molecular complexity index is 800. The molecule has 2 rings (SSSR count). The highest BCUT2D eigenvalue weighted by Crippen LogP contribution is 2.26. The van der Waals surface area contributed by atoms with E-state index >= 15 is 0 Å². The van der Waals surface area contributed by atoms with E-state index in [1.807, 2.05) is 32.9 Å². The zero-order valence-electron chi connectivity index (χ0n) is 15.3. The number of hydrogen-bond acceptors (Lipinski definition) is 2. The molecule has 2 aromatic rings. The van der Waals surface area contributed by atoms with E-state index in [9.17, 15) is 9.59 Å². The summed E-state index contributed by atoms with van der Waals surface area (Å²) in [5.74, 6) is -0.817. The zero-order valence-corrected chi connectivity index (χ0v) is 17.6. The van der Waals surface area contributed by atoms with Gasteiger partial charge in [0.25, 0.3) is 11.8 Å². The van der Waals surface area contributed by atoms with Crippen LogP contribution in [-0.4, -0.2) is 26.9 Å². The Balaban J connectivity index is 2.39. The van der Waals surface area contributed by atoms with Gasteiger partial charge >= 0.3 is 0 Å². The Morgan fingerprint density at radius 3 is 2.08 bits per heavy atom. The maximum Gasteiger partial charge on any atom is 0.288 e. The Morgan fingerprint density at radius 2 is 1.58 bits per heavy atom. The summed E-state index contributed by atoms with van der Waals surface area (Å²) in [6.45, 7) is 7.53. The van der Waals surface area contributed by atoms with Crippen molar-refractivity contribution < 1.29 is 9.59 Å². The first kappa shape index (κ1) is 20.5. The van der Waals surface area contributed by atoms with Crippen LogP contribution in [0.5, 0.6) is 0 Å². The number of nitrogens with zero attached hydrogens (tertiary/aromatic N) is 2. The predicted molar refractivity (Wildman–Crippen MR) is 108 cm³/mol. The monoisotopic (exact) mass is 436 g/mol. The minimum atomic E-state index is -0.695. The number of carbonyl (C=O) groups excluding carboxylic acids is 2. The topological polar surface area (TPSA) is 40.6 Å². The normalized spacial score (nSPS) is 11.2. The second-order valence-corrected chi connectivity index (χ2v) is 8.06. The van der Waals surface area contributed by atoms with Crippen molar-refractivity contribution in [1.29, 1.82) is 0 Å². The summed E-state index contributed by atoms with van der Waals surface area (Å²) < 4.78 is 1.49. The first-order valence-electron chi connectivity index (χ1n) is 8.35. The highest BCUT2D eigenvalue weighted by atomic mass is 79.9. The van der Waals surface area contributed by atoms with Gasteiger partial charge in [0.05, 0.1) is 11.1 Å². The van der Waals surface area contributed by atoms with Crippen molar-refractivity contribution in [3.63, 3.8) is 0 Å². The fraction of sp³-hybridized carbons (Fsp3) is 0.300. The van der Waals surface area contributed by atoms with Crippen LogP contribution in [0.4, 0.5) is 0 Å². The largest absolute Gasteiger partial charge is 0.288 e. The van der Waals surface area contributed by atoms with Crippen molar-refractivity contribution in [2.24, 2.45) is 0 Å². The van der Waals surface area contributed by atoms with Crippen LogP contribution in [-0.2, 0) is 6.42 Å². The van der Waals surface area contributed by atoms with Gasteiger partial charge in [0.15, 0.2) is 0 Å². The third-order valence-electron chi connectivity index (χ3n) is 3.88. The molecule has 0 unspecified atom stereocenters. The van der Waals surface area contributed by atoms with E-state index in [0.717, 1.165) is 16.5 Å².